The van der Waals surface area contributed by atoms with Crippen molar-refractivity contribution in [3.63, 3.8) is 0 Å². The molecule has 0 aliphatic rings. The molecule has 0 fully saturated rings. The van der Waals surface area contributed by atoms with Gasteiger partial charge < -0.3 is 10.8 Å². The summed E-state index contributed by atoms with van der Waals surface area (Å²) < 4.78 is 0. The van der Waals surface area contributed by atoms with E-state index in [9.17, 15) is 4.79 Å². The summed E-state index contributed by atoms with van der Waals surface area (Å²) in [6.07, 6.45) is 0.968. The SMILES string of the molecule is CCC(C)(C)N(C)CC(N)C(=O)O. The number of hydrogen-bond donors (Lipinski definition) is 2. The first-order valence-corrected chi connectivity index (χ1v) is 4.51. The van der Waals surface area contributed by atoms with Crippen molar-refractivity contribution < 1.29 is 9.90 Å². The summed E-state index contributed by atoms with van der Waals surface area (Å²) in [5.74, 6) is -0.946. The molecule has 0 heterocycles. The maximum Gasteiger partial charge on any atom is 0.321 e. The number of carboxylic acid groups (broad SMARTS) is 1. The molecule has 0 amide bonds. The van der Waals surface area contributed by atoms with Crippen molar-refractivity contribution in [2.75, 3.05) is 13.6 Å². The summed E-state index contributed by atoms with van der Waals surface area (Å²) in [4.78, 5) is 12.5. The Kier molecular flexibility index (Phi) is 4.36. The fourth-order valence-corrected chi connectivity index (χ4v) is 0.890. The van der Waals surface area contributed by atoms with Gasteiger partial charge in [-0.15, -0.1) is 0 Å². The van der Waals surface area contributed by atoms with Gasteiger partial charge in [-0.25, -0.2) is 0 Å². The third-order valence-corrected chi connectivity index (χ3v) is 2.69. The molecule has 0 bridgehead atoms. The molecule has 0 rings (SSSR count). The molecule has 0 aromatic heterocycles. The van der Waals surface area contributed by atoms with E-state index >= 15 is 0 Å². The molecule has 4 heteroatoms. The minimum absolute atomic E-state index is 0.00701. The zero-order valence-electron chi connectivity index (χ0n) is 8.87. The number of carboxylic acids is 1. The standard InChI is InChI=1S/C9H20N2O2/c1-5-9(2,3)11(4)6-7(10)8(12)13/h7H,5-6,10H2,1-4H3,(H,12,13). The Labute approximate surface area is 79.7 Å². The summed E-state index contributed by atoms with van der Waals surface area (Å²) in [7, 11) is 1.90. The van der Waals surface area contributed by atoms with Gasteiger partial charge in [-0.3, -0.25) is 9.69 Å². The lowest BCUT2D eigenvalue weighted by atomic mass is 9.99. The summed E-state index contributed by atoms with van der Waals surface area (Å²) >= 11 is 0. The summed E-state index contributed by atoms with van der Waals surface area (Å²) in [6.45, 7) is 6.60. The molecule has 0 saturated carbocycles. The van der Waals surface area contributed by atoms with Crippen molar-refractivity contribution in [3.8, 4) is 0 Å². The second-order valence-corrected chi connectivity index (χ2v) is 3.99. The predicted molar refractivity (Wildman–Crippen MR) is 52.6 cm³/mol. The van der Waals surface area contributed by atoms with Crippen LogP contribution in [0.1, 0.15) is 27.2 Å². The van der Waals surface area contributed by atoms with Gasteiger partial charge in [0.05, 0.1) is 0 Å². The van der Waals surface area contributed by atoms with Crippen molar-refractivity contribution in [3.05, 3.63) is 0 Å². The number of aliphatic carboxylic acids is 1. The zero-order valence-corrected chi connectivity index (χ0v) is 8.87. The van der Waals surface area contributed by atoms with E-state index in [1.165, 1.54) is 0 Å². The Morgan fingerprint density at radius 2 is 2.08 bits per heavy atom. The van der Waals surface area contributed by atoms with Crippen molar-refractivity contribution >= 4 is 5.97 Å². The monoisotopic (exact) mass is 188 g/mol. The second-order valence-electron chi connectivity index (χ2n) is 3.99. The summed E-state index contributed by atoms with van der Waals surface area (Å²) in [5, 5.41) is 8.62. The van der Waals surface area contributed by atoms with Gasteiger partial charge in [-0.2, -0.15) is 0 Å². The normalized spacial score (nSPS) is 14.6. The van der Waals surface area contributed by atoms with E-state index in [0.717, 1.165) is 6.42 Å². The molecule has 0 aliphatic heterocycles. The van der Waals surface area contributed by atoms with Gasteiger partial charge in [0.2, 0.25) is 0 Å². The predicted octanol–water partition coefficient (Wildman–Crippen LogP) is 0.519. The largest absolute Gasteiger partial charge is 0.480 e. The lowest BCUT2D eigenvalue weighted by Crippen LogP contribution is -2.49. The lowest BCUT2D eigenvalue weighted by Gasteiger charge is -2.35. The molecule has 13 heavy (non-hydrogen) atoms. The van der Waals surface area contributed by atoms with Gasteiger partial charge in [-0.1, -0.05) is 6.92 Å². The van der Waals surface area contributed by atoms with E-state index in [2.05, 4.69) is 20.8 Å². The topological polar surface area (TPSA) is 66.6 Å². The number of likely N-dealkylation sites (N-methyl/N-ethyl adjacent to an activating group) is 1. The number of carbonyl (C=O) groups is 1. The van der Waals surface area contributed by atoms with Crippen LogP contribution in [0.5, 0.6) is 0 Å². The Morgan fingerprint density at radius 1 is 1.62 bits per heavy atom. The van der Waals surface area contributed by atoms with Gasteiger partial charge in [0.1, 0.15) is 6.04 Å². The molecule has 0 aliphatic carbocycles. The van der Waals surface area contributed by atoms with Crippen LogP contribution in [-0.4, -0.2) is 41.1 Å². The molecule has 1 atom stereocenters. The first-order valence-electron chi connectivity index (χ1n) is 4.51. The molecule has 1 unspecified atom stereocenters. The van der Waals surface area contributed by atoms with Crippen LogP contribution >= 0.6 is 0 Å². The summed E-state index contributed by atoms with van der Waals surface area (Å²) in [6, 6.07) is -0.796. The third-order valence-electron chi connectivity index (χ3n) is 2.69. The van der Waals surface area contributed by atoms with Gasteiger partial charge in [-0.05, 0) is 27.3 Å². The minimum Gasteiger partial charge on any atom is -0.480 e. The van der Waals surface area contributed by atoms with Crippen LogP contribution in [-0.2, 0) is 4.79 Å². The molecule has 0 radical (unpaired) electrons. The second kappa shape index (κ2) is 4.58. The number of rotatable bonds is 5. The maximum absolute atomic E-state index is 10.5. The van der Waals surface area contributed by atoms with Crippen LogP contribution in [0.2, 0.25) is 0 Å². The first kappa shape index (κ1) is 12.4. The quantitative estimate of drug-likeness (QED) is 0.660. The highest BCUT2D eigenvalue weighted by Gasteiger charge is 2.24. The molecule has 0 spiro atoms. The number of hydrogen-bond acceptors (Lipinski definition) is 3. The Balaban J connectivity index is 4.14. The zero-order chi connectivity index (χ0) is 10.6. The van der Waals surface area contributed by atoms with Crippen LogP contribution in [0.4, 0.5) is 0 Å². The van der Waals surface area contributed by atoms with E-state index < -0.39 is 12.0 Å². The maximum atomic E-state index is 10.5. The Bertz CT molecular complexity index is 180. The number of nitrogens with two attached hydrogens (primary N) is 1. The molecule has 0 saturated heterocycles. The van der Waals surface area contributed by atoms with E-state index in [0.29, 0.717) is 6.54 Å². The van der Waals surface area contributed by atoms with Crippen LogP contribution in [0.15, 0.2) is 0 Å². The van der Waals surface area contributed by atoms with Gasteiger partial charge in [0, 0.05) is 12.1 Å². The first-order chi connectivity index (χ1) is 5.81. The van der Waals surface area contributed by atoms with Crippen LogP contribution < -0.4 is 5.73 Å². The third kappa shape index (κ3) is 3.74. The van der Waals surface area contributed by atoms with Crippen LogP contribution in [0, 0.1) is 0 Å². The molecule has 0 aromatic rings. The van der Waals surface area contributed by atoms with Crippen LogP contribution in [0.3, 0.4) is 0 Å². The van der Waals surface area contributed by atoms with E-state index in [4.69, 9.17) is 10.8 Å². The highest BCUT2D eigenvalue weighted by atomic mass is 16.4. The van der Waals surface area contributed by atoms with E-state index in [-0.39, 0.29) is 5.54 Å². The van der Waals surface area contributed by atoms with Gasteiger partial charge >= 0.3 is 5.97 Å². The van der Waals surface area contributed by atoms with Gasteiger partial charge in [0.25, 0.3) is 0 Å². The molecular weight excluding hydrogens is 168 g/mol. The minimum atomic E-state index is -0.946. The Morgan fingerprint density at radius 3 is 2.38 bits per heavy atom. The highest BCUT2D eigenvalue weighted by Crippen LogP contribution is 2.15. The molecule has 3 N–H and O–H groups in total. The lowest BCUT2D eigenvalue weighted by molar-refractivity contribution is -0.139. The van der Waals surface area contributed by atoms with Crippen molar-refractivity contribution in [1.29, 1.82) is 0 Å². The molecule has 4 nitrogen and oxygen atoms in total. The van der Waals surface area contributed by atoms with Crippen molar-refractivity contribution in [2.45, 2.75) is 38.8 Å². The fraction of sp³-hybridized carbons (Fsp3) is 0.889. The molecule has 0 aromatic carbocycles. The van der Waals surface area contributed by atoms with Gasteiger partial charge in [0.15, 0.2) is 0 Å². The van der Waals surface area contributed by atoms with E-state index in [1.54, 1.807) is 0 Å². The number of nitrogens with zero attached hydrogens (tertiary/aromatic N) is 1. The van der Waals surface area contributed by atoms with Crippen molar-refractivity contribution in [2.24, 2.45) is 5.73 Å². The fourth-order valence-electron chi connectivity index (χ4n) is 0.890. The van der Waals surface area contributed by atoms with Crippen LogP contribution in [0.25, 0.3) is 0 Å². The van der Waals surface area contributed by atoms with E-state index in [1.807, 2.05) is 11.9 Å². The van der Waals surface area contributed by atoms with Crippen molar-refractivity contribution in [1.82, 2.24) is 4.90 Å². The smallest absolute Gasteiger partial charge is 0.321 e. The molecule has 78 valence electrons. The summed E-state index contributed by atoms with van der Waals surface area (Å²) in [5.41, 5.74) is 5.43. The highest BCUT2D eigenvalue weighted by molar-refractivity contribution is 5.73. The average Bonchev–Trinajstić information content (AvgIpc) is 2.04. The average molecular weight is 188 g/mol. The Hall–Kier alpha value is -0.610. The molecular formula is C9H20N2O2.